The Hall–Kier alpha value is -1.81. The highest BCUT2D eigenvalue weighted by Crippen LogP contribution is 2.52. The summed E-state index contributed by atoms with van der Waals surface area (Å²) in [6.45, 7) is 2.15. The average molecular weight is 317 g/mol. The van der Waals surface area contributed by atoms with Crippen molar-refractivity contribution >= 4 is 29.1 Å². The molecule has 4 unspecified atom stereocenters. The summed E-state index contributed by atoms with van der Waals surface area (Å²) in [5.41, 5.74) is 1.81. The van der Waals surface area contributed by atoms with Gasteiger partial charge < -0.3 is 5.32 Å². The fourth-order valence-electron chi connectivity index (χ4n) is 3.99. The first kappa shape index (κ1) is 13.8. The van der Waals surface area contributed by atoms with Crippen molar-refractivity contribution < 1.29 is 9.59 Å². The van der Waals surface area contributed by atoms with Crippen molar-refractivity contribution in [3.8, 4) is 0 Å². The number of anilines is 1. The van der Waals surface area contributed by atoms with E-state index in [1.54, 1.807) is 0 Å². The molecule has 1 saturated heterocycles. The van der Waals surface area contributed by atoms with Gasteiger partial charge in [0.1, 0.15) is 0 Å². The predicted octanol–water partition coefficient (Wildman–Crippen LogP) is 2.82. The van der Waals surface area contributed by atoms with Crippen LogP contribution in [-0.2, 0) is 9.59 Å². The van der Waals surface area contributed by atoms with Gasteiger partial charge >= 0.3 is 0 Å². The number of carbonyl (C=O) groups is 2. The number of halogens is 1. The molecule has 1 saturated carbocycles. The van der Waals surface area contributed by atoms with Crippen LogP contribution in [0.5, 0.6) is 0 Å². The summed E-state index contributed by atoms with van der Waals surface area (Å²) in [6.07, 6.45) is 5.17. The van der Waals surface area contributed by atoms with Gasteiger partial charge in [0, 0.05) is 10.7 Å². The number of nitrogens with zero attached hydrogens (tertiary/aromatic N) is 1. The number of fused-ring (bicyclic) bond motifs is 5. The first-order valence-electron chi connectivity index (χ1n) is 7.60. The average Bonchev–Trinajstić information content (AvgIpc) is 3.16. The summed E-state index contributed by atoms with van der Waals surface area (Å²) in [5.74, 6) is 0.183. The first-order chi connectivity index (χ1) is 10.6. The fraction of sp³-hybridized carbons (Fsp3) is 0.412. The van der Waals surface area contributed by atoms with Crippen LogP contribution in [0.1, 0.15) is 12.0 Å². The van der Waals surface area contributed by atoms with Gasteiger partial charge in [0.05, 0.1) is 18.5 Å². The van der Waals surface area contributed by atoms with Crippen molar-refractivity contribution in [3.05, 3.63) is 40.9 Å². The van der Waals surface area contributed by atoms with E-state index >= 15 is 0 Å². The summed E-state index contributed by atoms with van der Waals surface area (Å²) >= 11 is 6.10. The van der Waals surface area contributed by atoms with Crippen molar-refractivity contribution in [1.29, 1.82) is 0 Å². The topological polar surface area (TPSA) is 49.4 Å². The number of imide groups is 1. The second kappa shape index (κ2) is 4.85. The smallest absolute Gasteiger partial charge is 0.235 e. The Bertz CT molecular complexity index is 670. The fourth-order valence-corrected chi connectivity index (χ4v) is 4.17. The number of benzene rings is 1. The van der Waals surface area contributed by atoms with Crippen LogP contribution < -0.4 is 5.32 Å². The van der Waals surface area contributed by atoms with E-state index in [2.05, 4.69) is 17.5 Å². The van der Waals surface area contributed by atoms with Crippen molar-refractivity contribution in [2.24, 2.45) is 23.7 Å². The summed E-state index contributed by atoms with van der Waals surface area (Å²) in [7, 11) is 0. The quantitative estimate of drug-likeness (QED) is 0.689. The lowest BCUT2D eigenvalue weighted by Gasteiger charge is -2.18. The van der Waals surface area contributed by atoms with Gasteiger partial charge in [-0.3, -0.25) is 14.5 Å². The molecule has 1 aromatic carbocycles. The van der Waals surface area contributed by atoms with Crippen molar-refractivity contribution in [2.45, 2.75) is 13.3 Å². The van der Waals surface area contributed by atoms with E-state index in [1.807, 2.05) is 25.1 Å². The molecular formula is C17H17ClN2O2. The third kappa shape index (κ3) is 1.90. The summed E-state index contributed by atoms with van der Waals surface area (Å²) in [6, 6.07) is 5.63. The van der Waals surface area contributed by atoms with Gasteiger partial charge in [-0.1, -0.05) is 29.8 Å². The second-order valence-electron chi connectivity index (χ2n) is 6.40. The molecule has 0 radical (unpaired) electrons. The Balaban J connectivity index is 1.49. The Morgan fingerprint density at radius 1 is 1.18 bits per heavy atom. The highest BCUT2D eigenvalue weighted by molar-refractivity contribution is 6.31. The number of likely N-dealkylation sites (tertiary alicyclic amines) is 1. The SMILES string of the molecule is Cc1ccc(NCN2C(=O)C3C4C=CC(C4)C3C2=O)cc1Cl. The molecule has 1 heterocycles. The zero-order valence-corrected chi connectivity index (χ0v) is 13.0. The lowest BCUT2D eigenvalue weighted by Crippen LogP contribution is -2.37. The molecule has 4 atom stereocenters. The lowest BCUT2D eigenvalue weighted by atomic mass is 9.85. The number of rotatable bonds is 3. The standard InChI is InChI=1S/C17H17ClN2O2/c1-9-2-5-12(7-13(9)18)19-8-20-16(21)14-10-3-4-11(6-10)15(14)17(20)22/h2-5,7,10-11,14-15,19H,6,8H2,1H3. The predicted molar refractivity (Wildman–Crippen MR) is 84.2 cm³/mol. The molecule has 22 heavy (non-hydrogen) atoms. The largest absolute Gasteiger partial charge is 0.367 e. The van der Waals surface area contributed by atoms with Gasteiger partial charge in [0.2, 0.25) is 11.8 Å². The summed E-state index contributed by atoms with van der Waals surface area (Å²) in [4.78, 5) is 26.4. The molecule has 0 aromatic heterocycles. The van der Waals surface area contributed by atoms with Crippen LogP contribution in [-0.4, -0.2) is 23.4 Å². The molecular weight excluding hydrogens is 300 g/mol. The van der Waals surface area contributed by atoms with E-state index in [4.69, 9.17) is 11.6 Å². The lowest BCUT2D eigenvalue weighted by molar-refractivity contribution is -0.140. The molecule has 1 aromatic rings. The Kier molecular flexibility index (Phi) is 3.05. The van der Waals surface area contributed by atoms with Gasteiger partial charge in [0.15, 0.2) is 0 Å². The zero-order chi connectivity index (χ0) is 15.4. The number of amides is 2. The van der Waals surface area contributed by atoms with Gasteiger partial charge in [-0.25, -0.2) is 0 Å². The van der Waals surface area contributed by atoms with Gasteiger partial charge in [-0.05, 0) is 42.9 Å². The van der Waals surface area contributed by atoms with E-state index in [1.165, 1.54) is 4.90 Å². The van der Waals surface area contributed by atoms with Gasteiger partial charge in [-0.2, -0.15) is 0 Å². The summed E-state index contributed by atoms with van der Waals surface area (Å²) in [5, 5.41) is 3.80. The molecule has 114 valence electrons. The zero-order valence-electron chi connectivity index (χ0n) is 12.3. The van der Waals surface area contributed by atoms with Crippen LogP contribution in [0, 0.1) is 30.6 Å². The minimum absolute atomic E-state index is 0.0300. The van der Waals surface area contributed by atoms with Crippen LogP contribution in [0.4, 0.5) is 5.69 Å². The normalized spacial score (nSPS) is 32.0. The maximum Gasteiger partial charge on any atom is 0.235 e. The molecule has 2 aliphatic carbocycles. The number of nitrogens with one attached hydrogen (secondary N) is 1. The molecule has 2 bridgehead atoms. The molecule has 0 spiro atoms. The maximum atomic E-state index is 12.5. The first-order valence-corrected chi connectivity index (χ1v) is 7.97. The monoisotopic (exact) mass is 316 g/mol. The number of aryl methyl sites for hydroxylation is 1. The van der Waals surface area contributed by atoms with Crippen LogP contribution in [0.15, 0.2) is 30.4 Å². The third-order valence-corrected chi connectivity index (χ3v) is 5.58. The Morgan fingerprint density at radius 3 is 2.41 bits per heavy atom. The van der Waals surface area contributed by atoms with E-state index < -0.39 is 0 Å². The second-order valence-corrected chi connectivity index (χ2v) is 6.81. The van der Waals surface area contributed by atoms with Crippen molar-refractivity contribution in [3.63, 3.8) is 0 Å². The van der Waals surface area contributed by atoms with Gasteiger partial charge in [0.25, 0.3) is 0 Å². The highest BCUT2D eigenvalue weighted by Gasteiger charge is 2.59. The molecule has 2 amide bonds. The molecule has 1 N–H and O–H groups in total. The number of hydrogen-bond donors (Lipinski definition) is 1. The molecule has 2 fully saturated rings. The molecule has 1 aliphatic heterocycles. The summed E-state index contributed by atoms with van der Waals surface area (Å²) < 4.78 is 0. The number of carbonyl (C=O) groups excluding carboxylic acids is 2. The molecule has 5 heteroatoms. The highest BCUT2D eigenvalue weighted by atomic mass is 35.5. The maximum absolute atomic E-state index is 12.5. The van der Waals surface area contributed by atoms with Crippen molar-refractivity contribution in [2.75, 3.05) is 12.0 Å². The van der Waals surface area contributed by atoms with Crippen LogP contribution in [0.2, 0.25) is 5.02 Å². The van der Waals surface area contributed by atoms with E-state index in [9.17, 15) is 9.59 Å². The van der Waals surface area contributed by atoms with E-state index in [-0.39, 0.29) is 42.2 Å². The Morgan fingerprint density at radius 2 is 1.82 bits per heavy atom. The number of hydrogen-bond acceptors (Lipinski definition) is 3. The van der Waals surface area contributed by atoms with Crippen LogP contribution in [0.3, 0.4) is 0 Å². The minimum Gasteiger partial charge on any atom is -0.367 e. The Labute approximate surface area is 134 Å². The minimum atomic E-state index is -0.133. The third-order valence-electron chi connectivity index (χ3n) is 5.17. The van der Waals surface area contributed by atoms with Crippen LogP contribution in [0.25, 0.3) is 0 Å². The van der Waals surface area contributed by atoms with E-state index in [0.29, 0.717) is 5.02 Å². The van der Waals surface area contributed by atoms with Gasteiger partial charge in [-0.15, -0.1) is 0 Å². The molecule has 4 nitrogen and oxygen atoms in total. The van der Waals surface area contributed by atoms with Crippen molar-refractivity contribution in [1.82, 2.24) is 4.90 Å². The van der Waals surface area contributed by atoms with Crippen LogP contribution >= 0.6 is 11.6 Å². The van der Waals surface area contributed by atoms with E-state index in [0.717, 1.165) is 17.7 Å². The molecule has 4 rings (SSSR count). The molecule has 3 aliphatic rings. The number of allylic oxidation sites excluding steroid dienone is 2.